The topological polar surface area (TPSA) is 30.0 Å². The molecule has 86 valence electrons. The Kier molecular flexibility index (Phi) is 3.54. The SMILES string of the molecule is CSc1ccc(C(=O)c2ccncc2F)cc1. The van der Waals surface area contributed by atoms with Crippen LogP contribution in [0.15, 0.2) is 47.6 Å². The van der Waals surface area contributed by atoms with E-state index >= 15 is 0 Å². The van der Waals surface area contributed by atoms with Crippen LogP contribution in [0.4, 0.5) is 4.39 Å². The van der Waals surface area contributed by atoms with E-state index in [-0.39, 0.29) is 11.3 Å². The molecule has 0 bridgehead atoms. The molecule has 4 heteroatoms. The third-order valence-corrected chi connectivity index (χ3v) is 3.11. The zero-order chi connectivity index (χ0) is 12.3. The molecule has 0 radical (unpaired) electrons. The number of hydrogen-bond donors (Lipinski definition) is 0. The van der Waals surface area contributed by atoms with Gasteiger partial charge in [-0.25, -0.2) is 4.39 Å². The van der Waals surface area contributed by atoms with E-state index in [1.165, 1.54) is 12.3 Å². The number of carbonyl (C=O) groups excluding carboxylic acids is 1. The number of benzene rings is 1. The molecule has 0 N–H and O–H groups in total. The predicted molar refractivity (Wildman–Crippen MR) is 65.9 cm³/mol. The molecule has 0 aliphatic carbocycles. The van der Waals surface area contributed by atoms with Crippen molar-refractivity contribution in [3.05, 3.63) is 59.7 Å². The van der Waals surface area contributed by atoms with Gasteiger partial charge >= 0.3 is 0 Å². The molecule has 0 unspecified atom stereocenters. The first-order chi connectivity index (χ1) is 8.22. The van der Waals surface area contributed by atoms with Crippen LogP contribution in [-0.2, 0) is 0 Å². The maximum Gasteiger partial charge on any atom is 0.196 e. The Bertz CT molecular complexity index is 539. The van der Waals surface area contributed by atoms with E-state index in [0.717, 1.165) is 11.1 Å². The first kappa shape index (κ1) is 11.8. The van der Waals surface area contributed by atoms with Crippen molar-refractivity contribution in [2.45, 2.75) is 4.90 Å². The van der Waals surface area contributed by atoms with E-state index in [9.17, 15) is 9.18 Å². The first-order valence-corrected chi connectivity index (χ1v) is 6.23. The van der Waals surface area contributed by atoms with Gasteiger partial charge in [0.25, 0.3) is 0 Å². The molecule has 1 aromatic heterocycles. The lowest BCUT2D eigenvalue weighted by Crippen LogP contribution is -2.04. The minimum absolute atomic E-state index is 0.0527. The zero-order valence-corrected chi connectivity index (χ0v) is 10.00. The van der Waals surface area contributed by atoms with E-state index in [1.54, 1.807) is 23.9 Å². The van der Waals surface area contributed by atoms with Crippen LogP contribution >= 0.6 is 11.8 Å². The molecule has 1 aromatic carbocycles. The zero-order valence-electron chi connectivity index (χ0n) is 9.18. The number of halogens is 1. The lowest BCUT2D eigenvalue weighted by Gasteiger charge is -2.03. The van der Waals surface area contributed by atoms with Crippen LogP contribution in [0.1, 0.15) is 15.9 Å². The van der Waals surface area contributed by atoms with Crippen LogP contribution in [0.25, 0.3) is 0 Å². The van der Waals surface area contributed by atoms with Gasteiger partial charge in [0.05, 0.1) is 11.8 Å². The van der Waals surface area contributed by atoms with Gasteiger partial charge in [-0.3, -0.25) is 9.78 Å². The molecule has 0 fully saturated rings. The Labute approximate surface area is 103 Å². The second-order valence-electron chi connectivity index (χ2n) is 3.41. The highest BCUT2D eigenvalue weighted by atomic mass is 32.2. The molecule has 17 heavy (non-hydrogen) atoms. The fourth-order valence-electron chi connectivity index (χ4n) is 1.46. The molecule has 0 saturated carbocycles. The number of aromatic nitrogens is 1. The summed E-state index contributed by atoms with van der Waals surface area (Å²) in [6.45, 7) is 0. The maximum absolute atomic E-state index is 13.4. The van der Waals surface area contributed by atoms with Crippen LogP contribution in [0, 0.1) is 5.82 Å². The van der Waals surface area contributed by atoms with Crippen molar-refractivity contribution in [3.63, 3.8) is 0 Å². The Morgan fingerprint density at radius 1 is 1.24 bits per heavy atom. The van der Waals surface area contributed by atoms with E-state index in [1.807, 2.05) is 18.4 Å². The molecule has 0 saturated heterocycles. The van der Waals surface area contributed by atoms with Crippen LogP contribution < -0.4 is 0 Å². The summed E-state index contributed by atoms with van der Waals surface area (Å²) in [7, 11) is 0. The number of rotatable bonds is 3. The Hall–Kier alpha value is -1.68. The van der Waals surface area contributed by atoms with Gasteiger partial charge in [0, 0.05) is 16.7 Å². The van der Waals surface area contributed by atoms with E-state index in [4.69, 9.17) is 0 Å². The number of thioether (sulfide) groups is 1. The summed E-state index contributed by atoms with van der Waals surface area (Å²) in [6, 6.07) is 8.48. The standard InChI is InChI=1S/C13H10FNOS/c1-17-10-4-2-9(3-5-10)13(16)11-6-7-15-8-12(11)14/h2-8H,1H3. The summed E-state index contributed by atoms with van der Waals surface area (Å²) < 4.78 is 13.4. The van der Waals surface area contributed by atoms with Crippen LogP contribution in [-0.4, -0.2) is 17.0 Å². The molecule has 2 nitrogen and oxygen atoms in total. The van der Waals surface area contributed by atoms with Gasteiger partial charge in [0.2, 0.25) is 0 Å². The average molecular weight is 247 g/mol. The summed E-state index contributed by atoms with van der Waals surface area (Å²) in [4.78, 5) is 16.7. The molecule has 2 rings (SSSR count). The highest BCUT2D eigenvalue weighted by Gasteiger charge is 2.13. The van der Waals surface area contributed by atoms with Gasteiger partial charge in [-0.05, 0) is 36.6 Å². The fraction of sp³-hybridized carbons (Fsp3) is 0.0769. The smallest absolute Gasteiger partial charge is 0.196 e. The van der Waals surface area contributed by atoms with Gasteiger partial charge in [-0.2, -0.15) is 0 Å². The number of ketones is 1. The number of pyridine rings is 1. The van der Waals surface area contributed by atoms with E-state index in [0.29, 0.717) is 5.56 Å². The van der Waals surface area contributed by atoms with Crippen LogP contribution in [0.5, 0.6) is 0 Å². The lowest BCUT2D eigenvalue weighted by atomic mass is 10.0. The number of carbonyl (C=O) groups is 1. The molecule has 0 aliphatic rings. The molecular formula is C13H10FNOS. The third-order valence-electron chi connectivity index (χ3n) is 2.37. The molecule has 0 spiro atoms. The Balaban J connectivity index is 2.34. The molecule has 1 heterocycles. The van der Waals surface area contributed by atoms with Crippen molar-refractivity contribution in [1.82, 2.24) is 4.98 Å². The van der Waals surface area contributed by atoms with Crippen molar-refractivity contribution in [2.24, 2.45) is 0 Å². The molecule has 2 aromatic rings. The normalized spacial score (nSPS) is 10.2. The Morgan fingerprint density at radius 3 is 2.53 bits per heavy atom. The van der Waals surface area contributed by atoms with Gasteiger partial charge < -0.3 is 0 Å². The second kappa shape index (κ2) is 5.10. The predicted octanol–water partition coefficient (Wildman–Crippen LogP) is 3.17. The van der Waals surface area contributed by atoms with Gasteiger partial charge in [0.1, 0.15) is 0 Å². The second-order valence-corrected chi connectivity index (χ2v) is 4.29. The average Bonchev–Trinajstić information content (AvgIpc) is 2.39. The summed E-state index contributed by atoms with van der Waals surface area (Å²) in [5.41, 5.74) is 0.532. The summed E-state index contributed by atoms with van der Waals surface area (Å²) in [6.07, 6.45) is 4.41. The third kappa shape index (κ3) is 2.53. The molecular weight excluding hydrogens is 237 g/mol. The fourth-order valence-corrected chi connectivity index (χ4v) is 1.87. The monoisotopic (exact) mass is 247 g/mol. The first-order valence-electron chi connectivity index (χ1n) is 5.00. The van der Waals surface area contributed by atoms with Crippen LogP contribution in [0.2, 0.25) is 0 Å². The van der Waals surface area contributed by atoms with Gasteiger partial charge in [-0.15, -0.1) is 11.8 Å². The highest BCUT2D eigenvalue weighted by molar-refractivity contribution is 7.98. The highest BCUT2D eigenvalue weighted by Crippen LogP contribution is 2.17. The van der Waals surface area contributed by atoms with Gasteiger partial charge in [0.15, 0.2) is 11.6 Å². The molecule has 0 aliphatic heterocycles. The van der Waals surface area contributed by atoms with E-state index < -0.39 is 5.82 Å². The van der Waals surface area contributed by atoms with Crippen molar-refractivity contribution < 1.29 is 9.18 Å². The maximum atomic E-state index is 13.4. The molecule has 0 atom stereocenters. The van der Waals surface area contributed by atoms with Crippen molar-refractivity contribution in [2.75, 3.05) is 6.26 Å². The summed E-state index contributed by atoms with van der Waals surface area (Å²) in [5.74, 6) is -0.913. The Morgan fingerprint density at radius 2 is 1.94 bits per heavy atom. The minimum atomic E-state index is -0.591. The summed E-state index contributed by atoms with van der Waals surface area (Å²) in [5, 5.41) is 0. The largest absolute Gasteiger partial charge is 0.288 e. The quantitative estimate of drug-likeness (QED) is 0.616. The van der Waals surface area contributed by atoms with Crippen LogP contribution in [0.3, 0.4) is 0 Å². The van der Waals surface area contributed by atoms with Gasteiger partial charge in [-0.1, -0.05) is 0 Å². The lowest BCUT2D eigenvalue weighted by molar-refractivity contribution is 0.103. The van der Waals surface area contributed by atoms with Crippen molar-refractivity contribution in [1.29, 1.82) is 0 Å². The summed E-state index contributed by atoms with van der Waals surface area (Å²) >= 11 is 1.59. The minimum Gasteiger partial charge on any atom is -0.288 e. The molecule has 0 amide bonds. The van der Waals surface area contributed by atoms with Crippen molar-refractivity contribution in [3.8, 4) is 0 Å². The number of hydrogen-bond acceptors (Lipinski definition) is 3. The number of nitrogens with zero attached hydrogens (tertiary/aromatic N) is 1. The van der Waals surface area contributed by atoms with E-state index in [2.05, 4.69) is 4.98 Å². The van der Waals surface area contributed by atoms with Crippen molar-refractivity contribution >= 4 is 17.5 Å².